The van der Waals surface area contributed by atoms with Gasteiger partial charge in [-0.2, -0.15) is 0 Å². The molecule has 1 aromatic carbocycles. The molecule has 2 atom stereocenters. The highest BCUT2D eigenvalue weighted by atomic mass is 79.9. The molecule has 0 bridgehead atoms. The van der Waals surface area contributed by atoms with E-state index in [9.17, 15) is 19.8 Å². The van der Waals surface area contributed by atoms with E-state index in [0.717, 1.165) is 0 Å². The van der Waals surface area contributed by atoms with Crippen LogP contribution < -0.4 is 5.32 Å². The number of halogens is 1. The Morgan fingerprint density at radius 3 is 2.55 bits per heavy atom. The van der Waals surface area contributed by atoms with Gasteiger partial charge >= 0.3 is 5.97 Å². The molecule has 0 fully saturated rings. The van der Waals surface area contributed by atoms with Crippen LogP contribution >= 0.6 is 15.9 Å². The first-order valence-electron chi connectivity index (χ1n) is 5.96. The third-order valence-electron chi connectivity index (χ3n) is 2.74. The Morgan fingerprint density at radius 2 is 2.00 bits per heavy atom. The molecule has 20 heavy (non-hydrogen) atoms. The van der Waals surface area contributed by atoms with Gasteiger partial charge in [0.25, 0.3) is 0 Å². The normalized spacial score (nSPS) is 13.6. The molecule has 0 radical (unpaired) electrons. The summed E-state index contributed by atoms with van der Waals surface area (Å²) in [5.41, 5.74) is 0.316. The zero-order valence-corrected chi connectivity index (χ0v) is 12.4. The van der Waals surface area contributed by atoms with Gasteiger partial charge in [0.05, 0.1) is 11.7 Å². The summed E-state index contributed by atoms with van der Waals surface area (Å²) < 4.78 is 0.397. The Balaban J connectivity index is 2.76. The summed E-state index contributed by atoms with van der Waals surface area (Å²) in [5, 5.41) is 31.3. The summed E-state index contributed by atoms with van der Waals surface area (Å²) in [4.78, 5) is 21.7. The number of rotatable bonds is 6. The second kappa shape index (κ2) is 7.37. The van der Waals surface area contributed by atoms with Crippen molar-refractivity contribution in [1.82, 2.24) is 5.32 Å². The Morgan fingerprint density at radius 1 is 1.35 bits per heavy atom. The van der Waals surface area contributed by atoms with Crippen LogP contribution in [0.4, 0.5) is 0 Å². The van der Waals surface area contributed by atoms with Gasteiger partial charge in [0.2, 0.25) is 5.91 Å². The standard InChI is InChI=1S/C13H16BrNO5/c1-7(16)15-5-4-11(17)12(18)8-2-3-10(14)9(6-8)13(19)20/h2-3,6,11-12,17-18H,4-5H2,1H3,(H,15,16)(H,19,20). The second-order valence-corrected chi connectivity index (χ2v) is 5.18. The molecule has 0 aliphatic heterocycles. The summed E-state index contributed by atoms with van der Waals surface area (Å²) in [6, 6.07) is 4.34. The Kier molecular flexibility index (Phi) is 6.12. The lowest BCUT2D eigenvalue weighted by molar-refractivity contribution is -0.119. The molecule has 1 aromatic rings. The monoisotopic (exact) mass is 345 g/mol. The van der Waals surface area contributed by atoms with Gasteiger partial charge in [0.15, 0.2) is 0 Å². The van der Waals surface area contributed by atoms with Crippen molar-refractivity contribution >= 4 is 27.8 Å². The minimum Gasteiger partial charge on any atom is -0.478 e. The quantitative estimate of drug-likeness (QED) is 0.616. The number of aliphatic hydroxyl groups is 2. The second-order valence-electron chi connectivity index (χ2n) is 4.33. The summed E-state index contributed by atoms with van der Waals surface area (Å²) >= 11 is 3.10. The minimum atomic E-state index is -1.21. The molecule has 110 valence electrons. The average molecular weight is 346 g/mol. The summed E-state index contributed by atoms with van der Waals surface area (Å²) in [7, 11) is 0. The summed E-state index contributed by atoms with van der Waals surface area (Å²) in [6.07, 6.45) is -2.14. The molecule has 1 rings (SSSR count). The molecule has 0 spiro atoms. The maximum Gasteiger partial charge on any atom is 0.336 e. The minimum absolute atomic E-state index is 0.00982. The molecule has 2 unspecified atom stereocenters. The van der Waals surface area contributed by atoms with E-state index in [4.69, 9.17) is 5.11 Å². The van der Waals surface area contributed by atoms with E-state index in [2.05, 4.69) is 21.2 Å². The fourth-order valence-corrected chi connectivity index (χ4v) is 2.08. The predicted octanol–water partition coefficient (Wildman–Crippen LogP) is 1.07. The van der Waals surface area contributed by atoms with Crippen molar-refractivity contribution in [3.8, 4) is 0 Å². The summed E-state index contributed by atoms with van der Waals surface area (Å²) in [5.74, 6) is -1.35. The van der Waals surface area contributed by atoms with E-state index >= 15 is 0 Å². The molecule has 0 saturated carbocycles. The van der Waals surface area contributed by atoms with Gasteiger partial charge in [0.1, 0.15) is 6.10 Å². The van der Waals surface area contributed by atoms with Gasteiger partial charge in [0, 0.05) is 17.9 Å². The molecular formula is C13H16BrNO5. The van der Waals surface area contributed by atoms with E-state index in [-0.39, 0.29) is 24.4 Å². The number of nitrogens with one attached hydrogen (secondary N) is 1. The SMILES string of the molecule is CC(=O)NCCC(O)C(O)c1ccc(Br)c(C(=O)O)c1. The molecule has 0 aliphatic rings. The van der Waals surface area contributed by atoms with Gasteiger partial charge in [-0.25, -0.2) is 4.79 Å². The molecule has 4 N–H and O–H groups in total. The van der Waals surface area contributed by atoms with Crippen LogP contribution in [-0.4, -0.2) is 39.8 Å². The Bertz CT molecular complexity index is 506. The average Bonchev–Trinajstić information content (AvgIpc) is 2.37. The van der Waals surface area contributed by atoms with Crippen LogP contribution in [0.1, 0.15) is 35.4 Å². The van der Waals surface area contributed by atoms with Gasteiger partial charge in [-0.3, -0.25) is 4.79 Å². The van der Waals surface area contributed by atoms with Gasteiger partial charge in [-0.15, -0.1) is 0 Å². The molecule has 7 heteroatoms. The number of hydrogen-bond acceptors (Lipinski definition) is 4. The van der Waals surface area contributed by atoms with Gasteiger partial charge < -0.3 is 20.6 Å². The number of carbonyl (C=O) groups excluding carboxylic acids is 1. The van der Waals surface area contributed by atoms with Crippen LogP contribution in [0.15, 0.2) is 22.7 Å². The highest BCUT2D eigenvalue weighted by molar-refractivity contribution is 9.10. The van der Waals surface area contributed by atoms with Crippen LogP contribution in [-0.2, 0) is 4.79 Å². The van der Waals surface area contributed by atoms with E-state index in [1.807, 2.05) is 0 Å². The number of carboxylic acids is 1. The number of benzene rings is 1. The lowest BCUT2D eigenvalue weighted by Gasteiger charge is -2.19. The molecule has 6 nitrogen and oxygen atoms in total. The van der Waals surface area contributed by atoms with Gasteiger partial charge in [-0.1, -0.05) is 6.07 Å². The highest BCUT2D eigenvalue weighted by Crippen LogP contribution is 2.24. The number of carbonyl (C=O) groups is 2. The number of carboxylic acid groups (broad SMARTS) is 1. The molecule has 1 amide bonds. The largest absolute Gasteiger partial charge is 0.478 e. The van der Waals surface area contributed by atoms with E-state index in [1.165, 1.54) is 25.1 Å². The van der Waals surface area contributed by atoms with Crippen LogP contribution in [0.5, 0.6) is 0 Å². The molecule has 0 saturated heterocycles. The maximum atomic E-state index is 11.0. The van der Waals surface area contributed by atoms with Crippen molar-refractivity contribution in [2.75, 3.05) is 6.54 Å². The number of aliphatic hydroxyl groups excluding tert-OH is 2. The number of amides is 1. The van der Waals surface area contributed by atoms with E-state index < -0.39 is 18.2 Å². The van der Waals surface area contributed by atoms with E-state index in [0.29, 0.717) is 10.0 Å². The van der Waals surface area contributed by atoms with Crippen molar-refractivity contribution in [2.24, 2.45) is 0 Å². The van der Waals surface area contributed by atoms with Crippen molar-refractivity contribution in [3.05, 3.63) is 33.8 Å². The fourth-order valence-electron chi connectivity index (χ4n) is 1.67. The lowest BCUT2D eigenvalue weighted by atomic mass is 10.00. The first-order valence-corrected chi connectivity index (χ1v) is 6.75. The first kappa shape index (κ1) is 16.6. The predicted molar refractivity (Wildman–Crippen MR) is 75.4 cm³/mol. The third kappa shape index (κ3) is 4.59. The van der Waals surface area contributed by atoms with Crippen molar-refractivity contribution < 1.29 is 24.9 Å². The Hall–Kier alpha value is -1.44. The molecule has 0 aromatic heterocycles. The maximum absolute atomic E-state index is 11.0. The van der Waals surface area contributed by atoms with Crippen LogP contribution in [0.2, 0.25) is 0 Å². The lowest BCUT2D eigenvalue weighted by Crippen LogP contribution is -2.27. The number of hydrogen-bond donors (Lipinski definition) is 4. The van der Waals surface area contributed by atoms with Gasteiger partial charge in [-0.05, 0) is 40.0 Å². The van der Waals surface area contributed by atoms with Crippen molar-refractivity contribution in [3.63, 3.8) is 0 Å². The third-order valence-corrected chi connectivity index (χ3v) is 3.43. The topological polar surface area (TPSA) is 107 Å². The first-order chi connectivity index (χ1) is 9.32. The number of aromatic carboxylic acids is 1. The summed E-state index contributed by atoms with van der Waals surface area (Å²) in [6.45, 7) is 1.59. The van der Waals surface area contributed by atoms with Crippen LogP contribution in [0.25, 0.3) is 0 Å². The van der Waals surface area contributed by atoms with Crippen LogP contribution in [0, 0.1) is 0 Å². The highest BCUT2D eigenvalue weighted by Gasteiger charge is 2.20. The zero-order valence-electron chi connectivity index (χ0n) is 10.8. The van der Waals surface area contributed by atoms with Crippen molar-refractivity contribution in [1.29, 1.82) is 0 Å². The molecule has 0 aliphatic carbocycles. The zero-order chi connectivity index (χ0) is 15.3. The molecular weight excluding hydrogens is 330 g/mol. The van der Waals surface area contributed by atoms with Crippen LogP contribution in [0.3, 0.4) is 0 Å². The Labute approximate surface area is 124 Å². The van der Waals surface area contributed by atoms with Crippen molar-refractivity contribution in [2.45, 2.75) is 25.6 Å². The molecule has 0 heterocycles. The fraction of sp³-hybridized carbons (Fsp3) is 0.385. The smallest absolute Gasteiger partial charge is 0.336 e. The van der Waals surface area contributed by atoms with E-state index in [1.54, 1.807) is 0 Å².